The van der Waals surface area contributed by atoms with E-state index in [1.54, 1.807) is 0 Å². The smallest absolute Gasteiger partial charge is 0.303 e. The largest absolute Gasteiger partial charge is 0.481 e. The molecule has 2 heterocycles. The van der Waals surface area contributed by atoms with Crippen LogP contribution in [0, 0.1) is 0 Å². The van der Waals surface area contributed by atoms with Gasteiger partial charge < -0.3 is 15.3 Å². The van der Waals surface area contributed by atoms with Gasteiger partial charge in [0.2, 0.25) is 21.8 Å². The molecule has 0 saturated carbocycles. The molecule has 0 spiro atoms. The quantitative estimate of drug-likeness (QED) is 0.597. The van der Waals surface area contributed by atoms with Crippen LogP contribution in [0.25, 0.3) is 0 Å². The zero-order valence-corrected chi connectivity index (χ0v) is 16.4. The topological polar surface area (TPSA) is 133 Å². The number of rotatable bonds is 6. The van der Waals surface area contributed by atoms with Crippen LogP contribution in [-0.2, 0) is 24.4 Å². The van der Waals surface area contributed by atoms with Crippen molar-refractivity contribution >= 4 is 39.4 Å². The third-order valence-electron chi connectivity index (χ3n) is 4.90. The number of fused-ring (bicyclic) bond motifs is 1. The summed E-state index contributed by atoms with van der Waals surface area (Å²) in [6.45, 7) is 0.217. The average molecular weight is 430 g/mol. The van der Waals surface area contributed by atoms with Gasteiger partial charge in [0.15, 0.2) is 0 Å². The van der Waals surface area contributed by atoms with Crippen LogP contribution in [0.5, 0.6) is 0 Å². The highest BCUT2D eigenvalue weighted by molar-refractivity contribution is 7.89. The van der Waals surface area contributed by atoms with E-state index in [1.807, 2.05) is 0 Å². The zero-order chi connectivity index (χ0) is 20.5. The van der Waals surface area contributed by atoms with Gasteiger partial charge >= 0.3 is 5.97 Å². The van der Waals surface area contributed by atoms with Gasteiger partial charge in [-0.25, -0.2) is 13.1 Å². The van der Waals surface area contributed by atoms with Gasteiger partial charge in [0.1, 0.15) is 12.1 Å². The standard InChI is InChI=1S/C17H20ClN3O6S/c18-10-1-3-12(4-2-10)28(26,27)20-11-7-8-21-14(9-11)16(24)19-13(17(21)25)5-6-15(22)23/h1-4,11,13-14,20H,5-9H2,(H,19,24)(H,22,23)/t11-,13-,14-/m0/s1. The molecule has 3 atom stereocenters. The highest BCUT2D eigenvalue weighted by Crippen LogP contribution is 2.25. The summed E-state index contributed by atoms with van der Waals surface area (Å²) in [6.07, 6.45) is 0.304. The van der Waals surface area contributed by atoms with E-state index >= 15 is 0 Å². The molecule has 0 bridgehead atoms. The Labute approximate surface area is 167 Å². The van der Waals surface area contributed by atoms with Gasteiger partial charge in [-0.05, 0) is 43.5 Å². The first kappa shape index (κ1) is 20.6. The fourth-order valence-electron chi connectivity index (χ4n) is 3.48. The van der Waals surface area contributed by atoms with E-state index in [0.717, 1.165) is 0 Å². The van der Waals surface area contributed by atoms with Gasteiger partial charge in [-0.3, -0.25) is 14.4 Å². The minimum atomic E-state index is -3.78. The van der Waals surface area contributed by atoms with Crippen molar-refractivity contribution in [3.63, 3.8) is 0 Å². The summed E-state index contributed by atoms with van der Waals surface area (Å²) in [7, 11) is -3.78. The predicted octanol–water partition coefficient (Wildman–Crippen LogP) is 0.341. The van der Waals surface area contributed by atoms with Crippen molar-refractivity contribution < 1.29 is 27.9 Å². The van der Waals surface area contributed by atoms with Crippen molar-refractivity contribution in [3.05, 3.63) is 29.3 Å². The van der Waals surface area contributed by atoms with E-state index in [2.05, 4.69) is 10.0 Å². The van der Waals surface area contributed by atoms with Gasteiger partial charge in [0.05, 0.1) is 4.90 Å². The van der Waals surface area contributed by atoms with Crippen LogP contribution in [0.2, 0.25) is 5.02 Å². The first-order valence-corrected chi connectivity index (χ1v) is 10.6. The fourth-order valence-corrected chi connectivity index (χ4v) is 4.89. The number of hydrogen-bond acceptors (Lipinski definition) is 5. The number of halogens is 1. The lowest BCUT2D eigenvalue weighted by Gasteiger charge is -2.44. The predicted molar refractivity (Wildman–Crippen MR) is 99.1 cm³/mol. The van der Waals surface area contributed by atoms with E-state index in [1.165, 1.54) is 29.2 Å². The molecular formula is C17H20ClN3O6S. The van der Waals surface area contributed by atoms with Gasteiger partial charge in [0, 0.05) is 24.0 Å². The number of nitrogens with one attached hydrogen (secondary N) is 2. The molecule has 0 aromatic heterocycles. The summed E-state index contributed by atoms with van der Waals surface area (Å²) < 4.78 is 27.6. The number of carbonyl (C=O) groups excluding carboxylic acids is 2. The molecule has 11 heteroatoms. The van der Waals surface area contributed by atoms with Crippen LogP contribution < -0.4 is 10.0 Å². The van der Waals surface area contributed by atoms with Crippen LogP contribution in [0.3, 0.4) is 0 Å². The maximum Gasteiger partial charge on any atom is 0.303 e. The molecule has 1 aromatic rings. The van der Waals surface area contributed by atoms with Crippen LogP contribution in [0.15, 0.2) is 29.2 Å². The van der Waals surface area contributed by atoms with Crippen molar-refractivity contribution in [2.75, 3.05) is 6.54 Å². The molecule has 9 nitrogen and oxygen atoms in total. The Morgan fingerprint density at radius 2 is 1.96 bits per heavy atom. The summed E-state index contributed by atoms with van der Waals surface area (Å²) >= 11 is 5.78. The first-order valence-electron chi connectivity index (χ1n) is 8.78. The molecular weight excluding hydrogens is 410 g/mol. The van der Waals surface area contributed by atoms with Crippen LogP contribution in [-0.4, -0.2) is 60.9 Å². The Balaban J connectivity index is 1.66. The summed E-state index contributed by atoms with van der Waals surface area (Å²) in [5.41, 5.74) is 0. The lowest BCUT2D eigenvalue weighted by atomic mass is 9.92. The molecule has 28 heavy (non-hydrogen) atoms. The van der Waals surface area contributed by atoms with Gasteiger partial charge in [-0.2, -0.15) is 0 Å². The Hall–Kier alpha value is -2.17. The number of amides is 2. The van der Waals surface area contributed by atoms with Crippen LogP contribution in [0.1, 0.15) is 25.7 Å². The number of hydrogen-bond donors (Lipinski definition) is 3. The molecule has 0 aliphatic carbocycles. The van der Waals surface area contributed by atoms with Crippen molar-refractivity contribution in [1.82, 2.24) is 14.9 Å². The molecule has 0 unspecified atom stereocenters. The maximum atomic E-state index is 12.5. The number of carbonyl (C=O) groups is 3. The van der Waals surface area contributed by atoms with Gasteiger partial charge in [0.25, 0.3) is 0 Å². The number of nitrogens with zero attached hydrogens (tertiary/aromatic N) is 1. The summed E-state index contributed by atoms with van der Waals surface area (Å²) in [4.78, 5) is 37.1. The van der Waals surface area contributed by atoms with Crippen molar-refractivity contribution in [2.45, 2.75) is 48.7 Å². The lowest BCUT2D eigenvalue weighted by molar-refractivity contribution is -0.152. The molecule has 0 radical (unpaired) electrons. The number of piperazine rings is 1. The Morgan fingerprint density at radius 3 is 2.61 bits per heavy atom. The lowest BCUT2D eigenvalue weighted by Crippen LogP contribution is -2.66. The molecule has 2 amide bonds. The van der Waals surface area contributed by atoms with E-state index in [0.29, 0.717) is 11.4 Å². The Kier molecular flexibility index (Phi) is 5.92. The van der Waals surface area contributed by atoms with E-state index < -0.39 is 40.0 Å². The molecule has 3 rings (SSSR count). The summed E-state index contributed by atoms with van der Waals surface area (Å²) in [6, 6.07) is 3.60. The van der Waals surface area contributed by atoms with Gasteiger partial charge in [-0.1, -0.05) is 11.6 Å². The Morgan fingerprint density at radius 1 is 1.29 bits per heavy atom. The summed E-state index contributed by atoms with van der Waals surface area (Å²) in [5.74, 6) is -1.77. The monoisotopic (exact) mass is 429 g/mol. The third kappa shape index (κ3) is 4.45. The van der Waals surface area contributed by atoms with Crippen molar-refractivity contribution in [2.24, 2.45) is 0 Å². The second-order valence-corrected chi connectivity index (χ2v) is 8.99. The average Bonchev–Trinajstić information content (AvgIpc) is 2.63. The zero-order valence-electron chi connectivity index (χ0n) is 14.8. The van der Waals surface area contributed by atoms with E-state index in [9.17, 15) is 22.8 Å². The highest BCUT2D eigenvalue weighted by atomic mass is 35.5. The molecule has 2 aliphatic heterocycles. The number of benzene rings is 1. The first-order chi connectivity index (χ1) is 13.2. The number of aliphatic carboxylic acids is 1. The number of sulfonamides is 1. The van der Waals surface area contributed by atoms with Crippen molar-refractivity contribution in [3.8, 4) is 0 Å². The Bertz CT molecular complexity index is 889. The summed E-state index contributed by atoms with van der Waals surface area (Å²) in [5, 5.41) is 11.7. The number of piperidine rings is 1. The molecule has 2 aliphatic rings. The van der Waals surface area contributed by atoms with Crippen LogP contribution in [0.4, 0.5) is 0 Å². The molecule has 2 fully saturated rings. The number of carboxylic acid groups (broad SMARTS) is 1. The SMILES string of the molecule is O=C(O)CC[C@@H]1NC(=O)[C@@H]2C[C@@H](NS(=O)(=O)c3ccc(Cl)cc3)CCN2C1=O. The molecule has 1 aromatic carbocycles. The number of carboxylic acids is 1. The van der Waals surface area contributed by atoms with Crippen LogP contribution >= 0.6 is 11.6 Å². The molecule has 2 saturated heterocycles. The second-order valence-electron chi connectivity index (χ2n) is 6.84. The minimum absolute atomic E-state index is 0.0236. The normalized spacial score (nSPS) is 25.2. The van der Waals surface area contributed by atoms with Gasteiger partial charge in [-0.15, -0.1) is 0 Å². The second kappa shape index (κ2) is 8.06. The maximum absolute atomic E-state index is 12.5. The third-order valence-corrected chi connectivity index (χ3v) is 6.68. The van der Waals surface area contributed by atoms with E-state index in [-0.39, 0.29) is 36.6 Å². The molecule has 3 N–H and O–H groups in total. The highest BCUT2D eigenvalue weighted by Gasteiger charge is 2.44. The fraction of sp³-hybridized carbons (Fsp3) is 0.471. The molecule has 152 valence electrons. The van der Waals surface area contributed by atoms with Crippen molar-refractivity contribution in [1.29, 1.82) is 0 Å². The minimum Gasteiger partial charge on any atom is -0.481 e. The van der Waals surface area contributed by atoms with E-state index in [4.69, 9.17) is 16.7 Å².